The average molecular weight is 320 g/mol. The summed E-state index contributed by atoms with van der Waals surface area (Å²) in [5, 5.41) is 10.7. The molecule has 1 aromatic heterocycles. The number of likely N-dealkylation sites (tertiary alicyclic amines) is 1. The largest absolute Gasteiger partial charge is 0.299 e. The summed E-state index contributed by atoms with van der Waals surface area (Å²) < 4.78 is 0. The molecular weight excluding hydrogens is 302 g/mol. The topological polar surface area (TPSA) is 59.3 Å². The van der Waals surface area contributed by atoms with Crippen LogP contribution in [-0.2, 0) is 0 Å². The fraction of sp³-hybridized carbons (Fsp3) is 0.312. The molecule has 3 rings (SSSR count). The Morgan fingerprint density at radius 3 is 2.45 bits per heavy atom. The van der Waals surface area contributed by atoms with Gasteiger partial charge in [-0.1, -0.05) is 6.07 Å². The second-order valence-corrected chi connectivity index (χ2v) is 5.42. The molecule has 0 N–H and O–H groups in total. The van der Waals surface area contributed by atoms with Crippen LogP contribution in [0.4, 0.5) is 5.69 Å². The second kappa shape index (κ2) is 6.85. The number of non-ortho nitro benzene ring substituents is 1. The first kappa shape index (κ1) is 16.4. The lowest BCUT2D eigenvalue weighted by molar-refractivity contribution is -0.384. The molecule has 0 amide bonds. The van der Waals surface area contributed by atoms with E-state index >= 15 is 0 Å². The Morgan fingerprint density at radius 1 is 1.23 bits per heavy atom. The molecule has 1 aliphatic rings. The predicted molar refractivity (Wildman–Crippen MR) is 88.2 cm³/mol. The Bertz CT molecular complexity index is 643. The Balaban J connectivity index is 0.00000176. The SMILES string of the molecule is CN1CCCC1c1ccc(-c2ccc([N+](=O)[O-])cc2)nc1.Cl. The Kier molecular flexibility index (Phi) is 5.11. The molecule has 22 heavy (non-hydrogen) atoms. The van der Waals surface area contributed by atoms with Gasteiger partial charge >= 0.3 is 0 Å². The summed E-state index contributed by atoms with van der Waals surface area (Å²) in [6.45, 7) is 1.13. The highest BCUT2D eigenvalue weighted by Gasteiger charge is 2.22. The number of benzene rings is 1. The minimum Gasteiger partial charge on any atom is -0.299 e. The predicted octanol–water partition coefficient (Wildman–Crippen LogP) is 3.85. The quantitative estimate of drug-likeness (QED) is 0.637. The molecular formula is C16H18ClN3O2. The van der Waals surface area contributed by atoms with Crippen LogP contribution in [0.1, 0.15) is 24.4 Å². The number of pyridine rings is 1. The zero-order valence-corrected chi connectivity index (χ0v) is 13.1. The van der Waals surface area contributed by atoms with Crippen molar-refractivity contribution in [3.8, 4) is 11.3 Å². The molecule has 0 radical (unpaired) electrons. The summed E-state index contributed by atoms with van der Waals surface area (Å²) in [4.78, 5) is 17.1. The van der Waals surface area contributed by atoms with Gasteiger partial charge in [-0.15, -0.1) is 12.4 Å². The van der Waals surface area contributed by atoms with Gasteiger partial charge in [0.25, 0.3) is 5.69 Å². The highest BCUT2D eigenvalue weighted by atomic mass is 35.5. The lowest BCUT2D eigenvalue weighted by Crippen LogP contribution is -2.17. The number of halogens is 1. The minimum atomic E-state index is -0.393. The Morgan fingerprint density at radius 2 is 1.95 bits per heavy atom. The minimum absolute atomic E-state index is 0. The van der Waals surface area contributed by atoms with E-state index in [1.165, 1.54) is 30.5 Å². The summed E-state index contributed by atoms with van der Waals surface area (Å²) >= 11 is 0. The summed E-state index contributed by atoms with van der Waals surface area (Å²) in [6.07, 6.45) is 4.32. The van der Waals surface area contributed by atoms with E-state index in [0.29, 0.717) is 6.04 Å². The van der Waals surface area contributed by atoms with Crippen LogP contribution in [0.15, 0.2) is 42.6 Å². The van der Waals surface area contributed by atoms with Gasteiger partial charge in [-0.3, -0.25) is 20.0 Å². The Hall–Kier alpha value is -1.98. The third-order valence-electron chi connectivity index (χ3n) is 4.07. The molecule has 2 heterocycles. The van der Waals surface area contributed by atoms with Crippen molar-refractivity contribution >= 4 is 18.1 Å². The van der Waals surface area contributed by atoms with Crippen molar-refractivity contribution in [3.63, 3.8) is 0 Å². The summed E-state index contributed by atoms with van der Waals surface area (Å²) in [5.74, 6) is 0. The molecule has 1 aliphatic heterocycles. The van der Waals surface area contributed by atoms with E-state index in [-0.39, 0.29) is 18.1 Å². The molecule has 6 heteroatoms. The third kappa shape index (κ3) is 3.26. The molecule has 1 unspecified atom stereocenters. The van der Waals surface area contributed by atoms with Crippen LogP contribution in [0.2, 0.25) is 0 Å². The number of rotatable bonds is 3. The van der Waals surface area contributed by atoms with Gasteiger partial charge in [-0.05, 0) is 50.2 Å². The van der Waals surface area contributed by atoms with Gasteiger partial charge in [0.15, 0.2) is 0 Å². The van der Waals surface area contributed by atoms with E-state index in [2.05, 4.69) is 23.0 Å². The molecule has 0 aliphatic carbocycles. The molecule has 0 spiro atoms. The first-order chi connectivity index (χ1) is 10.1. The van der Waals surface area contributed by atoms with Gasteiger partial charge in [0.1, 0.15) is 0 Å². The number of hydrogen-bond acceptors (Lipinski definition) is 4. The lowest BCUT2D eigenvalue weighted by atomic mass is 10.0. The van der Waals surface area contributed by atoms with E-state index in [1.54, 1.807) is 12.1 Å². The van der Waals surface area contributed by atoms with E-state index < -0.39 is 4.92 Å². The van der Waals surface area contributed by atoms with Gasteiger partial charge in [-0.2, -0.15) is 0 Å². The highest BCUT2D eigenvalue weighted by Crippen LogP contribution is 2.30. The van der Waals surface area contributed by atoms with Crippen molar-refractivity contribution in [1.82, 2.24) is 9.88 Å². The van der Waals surface area contributed by atoms with Gasteiger partial charge < -0.3 is 0 Å². The van der Waals surface area contributed by atoms with E-state index in [0.717, 1.165) is 17.8 Å². The standard InChI is InChI=1S/C16H17N3O2.ClH/c1-18-10-2-3-16(18)13-6-9-15(17-11-13)12-4-7-14(8-5-12)19(20)21;/h4-9,11,16H,2-3,10H2,1H3;1H. The molecule has 116 valence electrons. The van der Waals surface area contributed by atoms with Gasteiger partial charge in [0.05, 0.1) is 10.6 Å². The monoisotopic (exact) mass is 319 g/mol. The lowest BCUT2D eigenvalue weighted by Gasteiger charge is -2.19. The number of nitro benzene ring substituents is 1. The van der Waals surface area contributed by atoms with Crippen LogP contribution in [0.3, 0.4) is 0 Å². The molecule has 2 aromatic rings. The molecule has 1 atom stereocenters. The summed E-state index contributed by atoms with van der Waals surface area (Å²) in [6, 6.07) is 11.1. The number of aromatic nitrogens is 1. The number of nitrogens with zero attached hydrogens (tertiary/aromatic N) is 3. The molecule has 0 bridgehead atoms. The maximum Gasteiger partial charge on any atom is 0.269 e. The van der Waals surface area contributed by atoms with E-state index in [9.17, 15) is 10.1 Å². The normalized spacial score (nSPS) is 18.0. The number of hydrogen-bond donors (Lipinski definition) is 0. The van der Waals surface area contributed by atoms with Crippen molar-refractivity contribution < 1.29 is 4.92 Å². The third-order valence-corrected chi connectivity index (χ3v) is 4.07. The summed E-state index contributed by atoms with van der Waals surface area (Å²) in [5.41, 5.74) is 3.07. The van der Waals surface area contributed by atoms with Gasteiger partial charge in [0, 0.05) is 29.9 Å². The molecule has 1 aromatic carbocycles. The van der Waals surface area contributed by atoms with Crippen molar-refractivity contribution in [2.45, 2.75) is 18.9 Å². The van der Waals surface area contributed by atoms with Crippen LogP contribution in [0, 0.1) is 10.1 Å². The smallest absolute Gasteiger partial charge is 0.269 e. The first-order valence-electron chi connectivity index (χ1n) is 7.06. The highest BCUT2D eigenvalue weighted by molar-refractivity contribution is 5.85. The molecule has 1 saturated heterocycles. The molecule has 1 fully saturated rings. The van der Waals surface area contributed by atoms with Crippen LogP contribution in [0.25, 0.3) is 11.3 Å². The van der Waals surface area contributed by atoms with Crippen molar-refractivity contribution in [2.75, 3.05) is 13.6 Å². The second-order valence-electron chi connectivity index (χ2n) is 5.42. The maximum atomic E-state index is 10.7. The van der Waals surface area contributed by atoms with Crippen LogP contribution >= 0.6 is 12.4 Å². The average Bonchev–Trinajstić information content (AvgIpc) is 2.94. The zero-order chi connectivity index (χ0) is 14.8. The van der Waals surface area contributed by atoms with E-state index in [4.69, 9.17) is 0 Å². The maximum absolute atomic E-state index is 10.7. The Labute approximate surface area is 135 Å². The molecule has 5 nitrogen and oxygen atoms in total. The van der Waals surface area contributed by atoms with Crippen molar-refractivity contribution in [1.29, 1.82) is 0 Å². The fourth-order valence-corrected chi connectivity index (χ4v) is 2.86. The zero-order valence-electron chi connectivity index (χ0n) is 12.3. The molecule has 0 saturated carbocycles. The van der Waals surface area contributed by atoms with E-state index in [1.807, 2.05) is 12.3 Å². The van der Waals surface area contributed by atoms with Crippen LogP contribution in [-0.4, -0.2) is 28.4 Å². The summed E-state index contributed by atoms with van der Waals surface area (Å²) in [7, 11) is 2.14. The van der Waals surface area contributed by atoms with Gasteiger partial charge in [0.2, 0.25) is 0 Å². The van der Waals surface area contributed by atoms with Crippen LogP contribution < -0.4 is 0 Å². The number of nitro groups is 1. The fourth-order valence-electron chi connectivity index (χ4n) is 2.86. The first-order valence-corrected chi connectivity index (χ1v) is 7.06. The van der Waals surface area contributed by atoms with Crippen molar-refractivity contribution in [2.24, 2.45) is 0 Å². The van der Waals surface area contributed by atoms with Gasteiger partial charge in [-0.25, -0.2) is 0 Å². The van der Waals surface area contributed by atoms with Crippen molar-refractivity contribution in [3.05, 3.63) is 58.3 Å². The van der Waals surface area contributed by atoms with Crippen LogP contribution in [0.5, 0.6) is 0 Å².